The van der Waals surface area contributed by atoms with Crippen molar-refractivity contribution in [1.82, 2.24) is 10.4 Å². The van der Waals surface area contributed by atoms with Crippen LogP contribution in [0.3, 0.4) is 0 Å². The van der Waals surface area contributed by atoms with Crippen molar-refractivity contribution in [1.29, 1.82) is 0 Å². The van der Waals surface area contributed by atoms with Gasteiger partial charge in [0.05, 0.1) is 23.0 Å². The minimum Gasteiger partial charge on any atom is -0.493 e. The van der Waals surface area contributed by atoms with Gasteiger partial charge in [0.15, 0.2) is 15.8 Å². The van der Waals surface area contributed by atoms with Gasteiger partial charge < -0.3 is 9.47 Å². The van der Waals surface area contributed by atoms with Crippen LogP contribution in [0.15, 0.2) is 40.6 Å². The lowest BCUT2D eigenvalue weighted by Crippen LogP contribution is -2.44. The number of hydrogen-bond acceptors (Lipinski definition) is 7. The van der Waals surface area contributed by atoms with E-state index in [1.54, 1.807) is 36.8 Å². The molecule has 29 heavy (non-hydrogen) atoms. The molecule has 2 heterocycles. The number of ether oxygens (including phenoxy) is 2. The van der Waals surface area contributed by atoms with Gasteiger partial charge in [-0.3, -0.25) is 15.0 Å². The predicted molar refractivity (Wildman–Crippen MR) is 120 cm³/mol. The van der Waals surface area contributed by atoms with Gasteiger partial charge in [0.1, 0.15) is 0 Å². The van der Waals surface area contributed by atoms with Crippen molar-refractivity contribution in [2.45, 2.75) is 26.4 Å². The highest BCUT2D eigenvalue weighted by atomic mass is 32.2. The molecular formula is C20H20N2O4S3. The summed E-state index contributed by atoms with van der Waals surface area (Å²) in [6.45, 7) is 4.04. The van der Waals surface area contributed by atoms with E-state index in [4.69, 9.17) is 21.7 Å². The number of benzene rings is 1. The Morgan fingerprint density at radius 3 is 2.79 bits per heavy atom. The van der Waals surface area contributed by atoms with Gasteiger partial charge in [-0.1, -0.05) is 30.8 Å². The third-order valence-corrected chi connectivity index (χ3v) is 6.31. The quantitative estimate of drug-likeness (QED) is 0.498. The number of thioether (sulfide) groups is 1. The molecule has 0 saturated carbocycles. The monoisotopic (exact) mass is 448 g/mol. The molecule has 1 saturated heterocycles. The Morgan fingerprint density at radius 2 is 2.14 bits per heavy atom. The lowest BCUT2D eigenvalue weighted by Gasteiger charge is -2.16. The Kier molecular flexibility index (Phi) is 6.94. The van der Waals surface area contributed by atoms with Crippen LogP contribution < -0.4 is 14.9 Å². The molecule has 0 radical (unpaired) electrons. The molecule has 3 rings (SSSR count). The molecule has 1 atom stereocenters. The Bertz CT molecular complexity index is 957. The normalized spacial score (nSPS) is 16.2. The minimum absolute atomic E-state index is 0.0676. The van der Waals surface area contributed by atoms with Crippen LogP contribution in [0.25, 0.3) is 6.08 Å². The number of methoxy groups -OCH3 is 1. The zero-order valence-corrected chi connectivity index (χ0v) is 18.6. The van der Waals surface area contributed by atoms with Gasteiger partial charge in [-0.15, -0.1) is 11.3 Å². The van der Waals surface area contributed by atoms with Gasteiger partial charge >= 0.3 is 0 Å². The summed E-state index contributed by atoms with van der Waals surface area (Å²) in [5.74, 6) is 0.491. The van der Waals surface area contributed by atoms with E-state index in [1.807, 2.05) is 26.0 Å². The molecule has 0 bridgehead atoms. The third kappa shape index (κ3) is 4.98. The fourth-order valence-electron chi connectivity index (χ4n) is 2.45. The summed E-state index contributed by atoms with van der Waals surface area (Å²) < 4.78 is 11.5. The number of thiocarbonyl (C=S) groups is 1. The maximum atomic E-state index is 12.7. The lowest BCUT2D eigenvalue weighted by molar-refractivity contribution is -0.123. The second-order valence-electron chi connectivity index (χ2n) is 6.18. The average Bonchev–Trinajstić information content (AvgIpc) is 3.34. The first-order chi connectivity index (χ1) is 13.9. The summed E-state index contributed by atoms with van der Waals surface area (Å²) in [7, 11) is 1.57. The van der Waals surface area contributed by atoms with Crippen molar-refractivity contribution in [3.05, 3.63) is 51.1 Å². The summed E-state index contributed by atoms with van der Waals surface area (Å²) in [6.07, 6.45) is 2.66. The summed E-state index contributed by atoms with van der Waals surface area (Å²) in [6, 6.07) is 8.91. The molecule has 1 N–H and O–H groups in total. The van der Waals surface area contributed by atoms with Gasteiger partial charge in [-0.25, -0.2) is 0 Å². The standard InChI is InChI=1S/C20H20N2O4S3/c1-4-12(2)26-14-8-7-13(10-15(14)25-3)11-17-19(24)22(20(27)29-17)21-18(23)16-6-5-9-28-16/h5-12H,4H2,1-3H3,(H,21,23)/b17-11-/t12-/m0/s1. The van der Waals surface area contributed by atoms with E-state index >= 15 is 0 Å². The highest BCUT2D eigenvalue weighted by Crippen LogP contribution is 2.34. The van der Waals surface area contributed by atoms with E-state index in [2.05, 4.69) is 5.43 Å². The number of carbonyl (C=O) groups excluding carboxylic acids is 2. The molecule has 2 aromatic rings. The van der Waals surface area contributed by atoms with E-state index in [1.165, 1.54) is 11.3 Å². The van der Waals surface area contributed by atoms with Gasteiger partial charge in [0.2, 0.25) is 0 Å². The predicted octanol–water partition coefficient (Wildman–Crippen LogP) is 4.48. The average molecular weight is 449 g/mol. The van der Waals surface area contributed by atoms with E-state index in [0.29, 0.717) is 21.3 Å². The SMILES string of the molecule is CC[C@H](C)Oc1ccc(/C=C2\SC(=S)N(NC(=O)c3cccs3)C2=O)cc1OC. The Balaban J connectivity index is 1.77. The lowest BCUT2D eigenvalue weighted by atomic mass is 10.2. The van der Waals surface area contributed by atoms with E-state index < -0.39 is 0 Å². The first kappa shape index (κ1) is 21.4. The number of hydrogen-bond donors (Lipinski definition) is 1. The van der Waals surface area contributed by atoms with Crippen LogP contribution in [-0.2, 0) is 4.79 Å². The van der Waals surface area contributed by atoms with Crippen LogP contribution in [0.1, 0.15) is 35.5 Å². The van der Waals surface area contributed by atoms with Crippen LogP contribution in [-0.4, -0.2) is 34.4 Å². The number of hydrazine groups is 1. The van der Waals surface area contributed by atoms with E-state index in [-0.39, 0.29) is 22.2 Å². The molecule has 6 nitrogen and oxygen atoms in total. The van der Waals surface area contributed by atoms with Gasteiger partial charge in [-0.05, 0) is 60.8 Å². The molecule has 152 valence electrons. The van der Waals surface area contributed by atoms with Crippen molar-refractivity contribution in [3.8, 4) is 11.5 Å². The number of thiophene rings is 1. The molecule has 1 aromatic carbocycles. The van der Waals surface area contributed by atoms with Gasteiger partial charge in [0.25, 0.3) is 11.8 Å². The second kappa shape index (κ2) is 9.43. The van der Waals surface area contributed by atoms with E-state index in [9.17, 15) is 9.59 Å². The fraction of sp³-hybridized carbons (Fsp3) is 0.250. The first-order valence-electron chi connectivity index (χ1n) is 8.90. The third-order valence-electron chi connectivity index (χ3n) is 4.14. The maximum Gasteiger partial charge on any atom is 0.285 e. The molecule has 0 unspecified atom stereocenters. The summed E-state index contributed by atoms with van der Waals surface area (Å²) in [4.78, 5) is 25.9. The molecule has 1 aliphatic rings. The van der Waals surface area contributed by atoms with Crippen LogP contribution in [0.2, 0.25) is 0 Å². The van der Waals surface area contributed by atoms with E-state index in [0.717, 1.165) is 28.8 Å². The number of nitrogens with zero attached hydrogens (tertiary/aromatic N) is 1. The highest BCUT2D eigenvalue weighted by Gasteiger charge is 2.34. The summed E-state index contributed by atoms with van der Waals surface area (Å²) >= 11 is 7.68. The topological polar surface area (TPSA) is 67.9 Å². The highest BCUT2D eigenvalue weighted by molar-refractivity contribution is 8.26. The molecule has 9 heteroatoms. The fourth-order valence-corrected chi connectivity index (χ4v) is 4.24. The van der Waals surface area contributed by atoms with Crippen molar-refractivity contribution >= 4 is 57.5 Å². The molecule has 0 aliphatic carbocycles. The number of carbonyl (C=O) groups is 2. The Labute approximate surface area is 182 Å². The van der Waals surface area contributed by atoms with Crippen LogP contribution in [0.4, 0.5) is 0 Å². The minimum atomic E-state index is -0.371. The molecule has 1 fully saturated rings. The Morgan fingerprint density at radius 1 is 1.34 bits per heavy atom. The van der Waals surface area contributed by atoms with Crippen molar-refractivity contribution in [2.75, 3.05) is 7.11 Å². The summed E-state index contributed by atoms with van der Waals surface area (Å²) in [5, 5.41) is 2.90. The largest absolute Gasteiger partial charge is 0.493 e. The molecule has 1 aromatic heterocycles. The van der Waals surface area contributed by atoms with Crippen LogP contribution >= 0.6 is 35.3 Å². The molecule has 1 aliphatic heterocycles. The van der Waals surface area contributed by atoms with Gasteiger partial charge in [0, 0.05) is 0 Å². The molecule has 2 amide bonds. The number of amides is 2. The van der Waals surface area contributed by atoms with Crippen molar-refractivity contribution in [2.24, 2.45) is 0 Å². The van der Waals surface area contributed by atoms with Crippen molar-refractivity contribution < 1.29 is 19.1 Å². The zero-order valence-electron chi connectivity index (χ0n) is 16.1. The maximum absolute atomic E-state index is 12.7. The van der Waals surface area contributed by atoms with Crippen LogP contribution in [0, 0.1) is 0 Å². The second-order valence-corrected chi connectivity index (χ2v) is 8.81. The van der Waals surface area contributed by atoms with Crippen molar-refractivity contribution in [3.63, 3.8) is 0 Å². The molecular weight excluding hydrogens is 428 g/mol. The zero-order chi connectivity index (χ0) is 21.0. The number of rotatable bonds is 7. The smallest absolute Gasteiger partial charge is 0.285 e. The Hall–Kier alpha value is -2.36. The summed E-state index contributed by atoms with van der Waals surface area (Å²) in [5.41, 5.74) is 3.33. The van der Waals surface area contributed by atoms with Gasteiger partial charge in [-0.2, -0.15) is 5.01 Å². The van der Waals surface area contributed by atoms with Crippen LogP contribution in [0.5, 0.6) is 11.5 Å². The first-order valence-corrected chi connectivity index (χ1v) is 11.0. The molecule has 0 spiro atoms. The number of nitrogens with one attached hydrogen (secondary N) is 1.